The average Bonchev–Trinajstić information content (AvgIpc) is 3.02. The van der Waals surface area contributed by atoms with Crippen LogP contribution in [0.3, 0.4) is 0 Å². The highest BCUT2D eigenvalue weighted by Gasteiger charge is 2.48. The summed E-state index contributed by atoms with van der Waals surface area (Å²) in [6.45, 7) is 1.42. The smallest absolute Gasteiger partial charge is 0.231 e. The number of nitriles is 1. The molecular formula is C18H22N2O3. The van der Waals surface area contributed by atoms with E-state index in [4.69, 9.17) is 9.47 Å². The predicted molar refractivity (Wildman–Crippen MR) is 84.0 cm³/mol. The first-order chi connectivity index (χ1) is 11.2. The van der Waals surface area contributed by atoms with Crippen LogP contribution >= 0.6 is 0 Å². The van der Waals surface area contributed by atoms with E-state index in [1.54, 1.807) is 0 Å². The number of hydrogen-bond acceptors (Lipinski definition) is 5. The van der Waals surface area contributed by atoms with Crippen molar-refractivity contribution in [1.82, 2.24) is 4.90 Å². The van der Waals surface area contributed by atoms with Crippen LogP contribution in [0.4, 0.5) is 0 Å². The Morgan fingerprint density at radius 2 is 2.13 bits per heavy atom. The van der Waals surface area contributed by atoms with Gasteiger partial charge in [0.25, 0.3) is 0 Å². The van der Waals surface area contributed by atoms with Gasteiger partial charge in [0.2, 0.25) is 6.79 Å². The van der Waals surface area contributed by atoms with Crippen LogP contribution in [-0.2, 0) is 0 Å². The van der Waals surface area contributed by atoms with Crippen molar-refractivity contribution in [3.05, 3.63) is 23.8 Å². The molecule has 0 unspecified atom stereocenters. The van der Waals surface area contributed by atoms with Crippen LogP contribution in [0.2, 0.25) is 0 Å². The Kier molecular flexibility index (Phi) is 3.67. The number of fused-ring (bicyclic) bond motifs is 2. The molecule has 2 aliphatic heterocycles. The fourth-order valence-corrected chi connectivity index (χ4v) is 4.55. The van der Waals surface area contributed by atoms with Crippen molar-refractivity contribution < 1.29 is 14.6 Å². The average molecular weight is 314 g/mol. The molecule has 5 heteroatoms. The van der Waals surface area contributed by atoms with Gasteiger partial charge >= 0.3 is 0 Å². The molecule has 5 nitrogen and oxygen atoms in total. The minimum Gasteiger partial charge on any atom is -0.454 e. The van der Waals surface area contributed by atoms with Gasteiger partial charge in [0.15, 0.2) is 11.5 Å². The number of ether oxygens (including phenoxy) is 2. The lowest BCUT2D eigenvalue weighted by atomic mass is 9.66. The van der Waals surface area contributed by atoms with Crippen molar-refractivity contribution in [1.29, 1.82) is 5.26 Å². The third-order valence-electron chi connectivity index (χ3n) is 5.68. The largest absolute Gasteiger partial charge is 0.454 e. The van der Waals surface area contributed by atoms with E-state index in [1.807, 2.05) is 12.1 Å². The molecule has 3 aliphatic rings. The molecule has 1 N–H and O–H groups in total. The molecule has 1 aliphatic carbocycles. The standard InChI is InChI=1S/C18H22N2O3/c19-8-10-20-9-7-18(21)6-2-1-3-14(18)17(20)13-4-5-15-16(11-13)23-12-22-15/h4-5,11,14,17,21H,1-3,6-7,9-10,12H2/t14-,17-,18-/m0/s1. The fraction of sp³-hybridized carbons (Fsp3) is 0.611. The fourth-order valence-electron chi connectivity index (χ4n) is 4.55. The van der Waals surface area contributed by atoms with Gasteiger partial charge in [0, 0.05) is 18.5 Å². The number of rotatable bonds is 2. The maximum atomic E-state index is 11.1. The van der Waals surface area contributed by atoms with Crippen LogP contribution in [0.1, 0.15) is 43.7 Å². The SMILES string of the molecule is N#CCN1CC[C@@]2(O)CCCC[C@H]2[C@@H]1c1ccc2c(c1)OCO2. The van der Waals surface area contributed by atoms with Gasteiger partial charge in [-0.05, 0) is 37.0 Å². The second-order valence-corrected chi connectivity index (χ2v) is 6.89. The molecule has 2 heterocycles. The summed E-state index contributed by atoms with van der Waals surface area (Å²) < 4.78 is 10.9. The maximum Gasteiger partial charge on any atom is 0.231 e. The lowest BCUT2D eigenvalue weighted by molar-refractivity contribution is -0.121. The molecule has 122 valence electrons. The molecule has 3 atom stereocenters. The van der Waals surface area contributed by atoms with Gasteiger partial charge in [0.05, 0.1) is 18.2 Å². The number of benzene rings is 1. The van der Waals surface area contributed by atoms with Gasteiger partial charge in [-0.2, -0.15) is 5.26 Å². The first-order valence-corrected chi connectivity index (χ1v) is 8.44. The first kappa shape index (κ1) is 14.8. The zero-order valence-electron chi connectivity index (χ0n) is 13.2. The number of aliphatic hydroxyl groups is 1. The Balaban J connectivity index is 1.72. The Bertz CT molecular complexity index is 642. The monoisotopic (exact) mass is 314 g/mol. The van der Waals surface area contributed by atoms with Crippen molar-refractivity contribution in [3.63, 3.8) is 0 Å². The molecule has 23 heavy (non-hydrogen) atoms. The molecule has 0 spiro atoms. The van der Waals surface area contributed by atoms with E-state index in [0.29, 0.717) is 6.54 Å². The van der Waals surface area contributed by atoms with Gasteiger partial charge in [-0.15, -0.1) is 0 Å². The minimum absolute atomic E-state index is 0.0724. The number of hydrogen-bond donors (Lipinski definition) is 1. The van der Waals surface area contributed by atoms with E-state index in [-0.39, 0.29) is 18.8 Å². The van der Waals surface area contributed by atoms with Crippen molar-refractivity contribution in [2.24, 2.45) is 5.92 Å². The quantitative estimate of drug-likeness (QED) is 0.850. The van der Waals surface area contributed by atoms with Crippen LogP contribution in [0.5, 0.6) is 11.5 Å². The topological polar surface area (TPSA) is 65.7 Å². The van der Waals surface area contributed by atoms with E-state index >= 15 is 0 Å². The molecule has 0 amide bonds. The lowest BCUT2D eigenvalue weighted by Crippen LogP contribution is -2.54. The Morgan fingerprint density at radius 1 is 1.26 bits per heavy atom. The van der Waals surface area contributed by atoms with Crippen LogP contribution in [0, 0.1) is 17.2 Å². The molecule has 4 rings (SSSR count). The molecule has 0 aromatic heterocycles. The Hall–Kier alpha value is -1.77. The van der Waals surface area contributed by atoms with Crippen LogP contribution in [0.25, 0.3) is 0 Å². The van der Waals surface area contributed by atoms with Gasteiger partial charge < -0.3 is 14.6 Å². The van der Waals surface area contributed by atoms with Crippen LogP contribution < -0.4 is 9.47 Å². The molecule has 1 aromatic rings. The summed E-state index contributed by atoms with van der Waals surface area (Å²) in [4.78, 5) is 2.21. The normalized spacial score (nSPS) is 33.0. The van der Waals surface area contributed by atoms with Gasteiger partial charge in [-0.3, -0.25) is 4.90 Å². The second kappa shape index (κ2) is 5.70. The minimum atomic E-state index is -0.592. The lowest BCUT2D eigenvalue weighted by Gasteiger charge is -2.52. The predicted octanol–water partition coefficient (Wildman–Crippen LogP) is 2.61. The Morgan fingerprint density at radius 3 is 3.00 bits per heavy atom. The van der Waals surface area contributed by atoms with Crippen molar-refractivity contribution >= 4 is 0 Å². The summed E-state index contributed by atoms with van der Waals surface area (Å²) in [6, 6.07) is 8.39. The van der Waals surface area contributed by atoms with E-state index < -0.39 is 5.60 Å². The summed E-state index contributed by atoms with van der Waals surface area (Å²) in [5.74, 6) is 1.72. The number of likely N-dealkylation sites (tertiary alicyclic amines) is 1. The number of piperidine rings is 1. The highest BCUT2D eigenvalue weighted by Crippen LogP contribution is 2.50. The van der Waals surface area contributed by atoms with Gasteiger partial charge in [-0.1, -0.05) is 18.9 Å². The third-order valence-corrected chi connectivity index (χ3v) is 5.68. The van der Waals surface area contributed by atoms with Crippen molar-refractivity contribution in [3.8, 4) is 17.6 Å². The molecular weight excluding hydrogens is 292 g/mol. The van der Waals surface area contributed by atoms with Crippen LogP contribution in [0.15, 0.2) is 18.2 Å². The summed E-state index contributed by atoms with van der Waals surface area (Å²) in [5, 5.41) is 20.3. The summed E-state index contributed by atoms with van der Waals surface area (Å²) >= 11 is 0. The van der Waals surface area contributed by atoms with E-state index in [0.717, 1.165) is 55.7 Å². The zero-order chi connectivity index (χ0) is 15.9. The van der Waals surface area contributed by atoms with Crippen LogP contribution in [-0.4, -0.2) is 35.5 Å². The van der Waals surface area contributed by atoms with Gasteiger partial charge in [-0.25, -0.2) is 0 Å². The number of nitrogens with zero attached hydrogens (tertiary/aromatic N) is 2. The highest BCUT2D eigenvalue weighted by molar-refractivity contribution is 5.45. The van der Waals surface area contributed by atoms with E-state index in [9.17, 15) is 10.4 Å². The van der Waals surface area contributed by atoms with Crippen molar-refractivity contribution in [2.45, 2.75) is 43.7 Å². The molecule has 0 bridgehead atoms. The molecule has 1 saturated heterocycles. The third kappa shape index (κ3) is 2.46. The highest BCUT2D eigenvalue weighted by atomic mass is 16.7. The second-order valence-electron chi connectivity index (χ2n) is 6.89. The molecule has 1 saturated carbocycles. The molecule has 1 aromatic carbocycles. The summed E-state index contributed by atoms with van der Waals surface area (Å²) in [5.41, 5.74) is 0.528. The van der Waals surface area contributed by atoms with Crippen molar-refractivity contribution in [2.75, 3.05) is 19.9 Å². The summed E-state index contributed by atoms with van der Waals surface area (Å²) in [7, 11) is 0. The molecule has 2 fully saturated rings. The van der Waals surface area contributed by atoms with E-state index in [1.165, 1.54) is 0 Å². The summed E-state index contributed by atoms with van der Waals surface area (Å²) in [6.07, 6.45) is 4.89. The first-order valence-electron chi connectivity index (χ1n) is 8.44. The maximum absolute atomic E-state index is 11.1. The van der Waals surface area contributed by atoms with E-state index in [2.05, 4.69) is 17.0 Å². The van der Waals surface area contributed by atoms with Gasteiger partial charge in [0.1, 0.15) is 0 Å². The zero-order valence-corrected chi connectivity index (χ0v) is 13.2. The Labute approximate surface area is 136 Å². The molecule has 0 radical (unpaired) electrons.